The summed E-state index contributed by atoms with van der Waals surface area (Å²) in [6, 6.07) is 13.9. The SMILES string of the molecule is O=C1Nc2ccc(Cl)cc2C(=O)C1c1ccccc1. The van der Waals surface area contributed by atoms with Gasteiger partial charge in [-0.3, -0.25) is 9.59 Å². The van der Waals surface area contributed by atoms with E-state index in [1.54, 1.807) is 30.3 Å². The maximum Gasteiger partial charge on any atom is 0.239 e. The van der Waals surface area contributed by atoms with Gasteiger partial charge in [-0.05, 0) is 23.8 Å². The molecule has 4 heteroatoms. The van der Waals surface area contributed by atoms with Crippen LogP contribution in [0.5, 0.6) is 0 Å². The Labute approximate surface area is 115 Å². The predicted octanol–water partition coefficient (Wildman–Crippen LogP) is 3.26. The van der Waals surface area contributed by atoms with Gasteiger partial charge in [0.05, 0.1) is 5.69 Å². The monoisotopic (exact) mass is 271 g/mol. The van der Waals surface area contributed by atoms with Gasteiger partial charge >= 0.3 is 0 Å². The molecule has 0 radical (unpaired) electrons. The van der Waals surface area contributed by atoms with Crippen molar-refractivity contribution in [3.8, 4) is 0 Å². The smallest absolute Gasteiger partial charge is 0.239 e. The highest BCUT2D eigenvalue weighted by atomic mass is 35.5. The van der Waals surface area contributed by atoms with Crippen molar-refractivity contribution in [1.29, 1.82) is 0 Å². The highest BCUT2D eigenvalue weighted by Gasteiger charge is 2.35. The summed E-state index contributed by atoms with van der Waals surface area (Å²) in [5.41, 5.74) is 1.67. The Bertz CT molecular complexity index is 667. The van der Waals surface area contributed by atoms with Crippen LogP contribution in [0.3, 0.4) is 0 Å². The third kappa shape index (κ3) is 2.02. The molecular formula is C15H10ClNO2. The lowest BCUT2D eigenvalue weighted by Gasteiger charge is -2.23. The number of halogens is 1. The van der Waals surface area contributed by atoms with E-state index < -0.39 is 5.92 Å². The summed E-state index contributed by atoms with van der Waals surface area (Å²) >= 11 is 5.91. The number of hydrogen-bond acceptors (Lipinski definition) is 2. The lowest BCUT2D eigenvalue weighted by molar-refractivity contribution is -0.116. The quantitative estimate of drug-likeness (QED) is 0.809. The molecule has 1 amide bonds. The minimum atomic E-state index is -0.799. The van der Waals surface area contributed by atoms with E-state index in [1.807, 2.05) is 18.2 Å². The number of hydrogen-bond donors (Lipinski definition) is 1. The van der Waals surface area contributed by atoms with Crippen LogP contribution >= 0.6 is 11.6 Å². The Morgan fingerprint density at radius 1 is 1.00 bits per heavy atom. The number of benzene rings is 2. The fourth-order valence-electron chi connectivity index (χ4n) is 2.26. The summed E-state index contributed by atoms with van der Waals surface area (Å²) in [4.78, 5) is 24.5. The van der Waals surface area contributed by atoms with Gasteiger partial charge < -0.3 is 5.32 Å². The van der Waals surface area contributed by atoms with Crippen LogP contribution in [0, 0.1) is 0 Å². The first kappa shape index (κ1) is 11.9. The Morgan fingerprint density at radius 2 is 1.74 bits per heavy atom. The van der Waals surface area contributed by atoms with Gasteiger partial charge in [0.15, 0.2) is 5.78 Å². The maximum atomic E-state index is 12.5. The van der Waals surface area contributed by atoms with E-state index in [2.05, 4.69) is 5.32 Å². The van der Waals surface area contributed by atoms with Gasteiger partial charge in [-0.15, -0.1) is 0 Å². The van der Waals surface area contributed by atoms with Crippen molar-refractivity contribution in [2.24, 2.45) is 0 Å². The number of ketones is 1. The summed E-state index contributed by atoms with van der Waals surface area (Å²) in [5.74, 6) is -1.31. The molecule has 3 nitrogen and oxygen atoms in total. The second-order valence-electron chi connectivity index (χ2n) is 4.39. The molecule has 0 saturated heterocycles. The second-order valence-corrected chi connectivity index (χ2v) is 4.82. The molecule has 2 aromatic carbocycles. The van der Waals surface area contributed by atoms with E-state index in [9.17, 15) is 9.59 Å². The minimum Gasteiger partial charge on any atom is -0.324 e. The van der Waals surface area contributed by atoms with E-state index in [0.29, 0.717) is 21.8 Å². The zero-order chi connectivity index (χ0) is 13.4. The van der Waals surface area contributed by atoms with Gasteiger partial charge in [-0.1, -0.05) is 41.9 Å². The first-order valence-corrected chi connectivity index (χ1v) is 6.24. The summed E-state index contributed by atoms with van der Waals surface area (Å²) in [6.45, 7) is 0. The fourth-order valence-corrected chi connectivity index (χ4v) is 2.43. The van der Waals surface area contributed by atoms with Crippen LogP contribution in [0.4, 0.5) is 5.69 Å². The molecular weight excluding hydrogens is 262 g/mol. The van der Waals surface area contributed by atoms with E-state index in [1.165, 1.54) is 0 Å². The third-order valence-electron chi connectivity index (χ3n) is 3.16. The lowest BCUT2D eigenvalue weighted by Crippen LogP contribution is -2.33. The average molecular weight is 272 g/mol. The average Bonchev–Trinajstić information content (AvgIpc) is 2.41. The Kier molecular flexibility index (Phi) is 2.84. The third-order valence-corrected chi connectivity index (χ3v) is 3.40. The molecule has 1 atom stereocenters. The zero-order valence-corrected chi connectivity index (χ0v) is 10.6. The molecule has 19 heavy (non-hydrogen) atoms. The van der Waals surface area contributed by atoms with E-state index in [0.717, 1.165) is 0 Å². The van der Waals surface area contributed by atoms with Crippen LogP contribution in [0.1, 0.15) is 21.8 Å². The molecule has 1 aliphatic rings. The van der Waals surface area contributed by atoms with Crippen molar-refractivity contribution in [2.45, 2.75) is 5.92 Å². The zero-order valence-electron chi connectivity index (χ0n) is 9.89. The Hall–Kier alpha value is -2.13. The molecule has 3 rings (SSSR count). The maximum absolute atomic E-state index is 12.5. The topological polar surface area (TPSA) is 46.2 Å². The predicted molar refractivity (Wildman–Crippen MR) is 73.6 cm³/mol. The Balaban J connectivity index is 2.10. The number of carbonyl (C=O) groups is 2. The van der Waals surface area contributed by atoms with Crippen LogP contribution in [0.25, 0.3) is 0 Å². The standard InChI is InChI=1S/C15H10ClNO2/c16-10-6-7-12-11(8-10)14(18)13(15(19)17-12)9-4-2-1-3-5-9/h1-8,13H,(H,17,19). The summed E-state index contributed by atoms with van der Waals surface area (Å²) in [7, 11) is 0. The normalized spacial score (nSPS) is 17.8. The fraction of sp³-hybridized carbons (Fsp3) is 0.0667. The lowest BCUT2D eigenvalue weighted by atomic mass is 9.86. The molecule has 1 N–H and O–H groups in total. The summed E-state index contributed by atoms with van der Waals surface area (Å²) in [6.07, 6.45) is 0. The number of anilines is 1. The molecule has 0 saturated carbocycles. The summed E-state index contributed by atoms with van der Waals surface area (Å²) in [5, 5.41) is 3.23. The number of amides is 1. The molecule has 0 fully saturated rings. The number of Topliss-reactive ketones (excluding diaryl/α,β-unsaturated/α-hetero) is 1. The van der Waals surface area contributed by atoms with Crippen molar-refractivity contribution in [3.05, 3.63) is 64.7 Å². The number of carbonyl (C=O) groups excluding carboxylic acids is 2. The summed E-state index contributed by atoms with van der Waals surface area (Å²) < 4.78 is 0. The largest absolute Gasteiger partial charge is 0.324 e. The van der Waals surface area contributed by atoms with Gasteiger partial charge in [0.1, 0.15) is 5.92 Å². The molecule has 1 unspecified atom stereocenters. The van der Waals surface area contributed by atoms with Crippen molar-refractivity contribution in [2.75, 3.05) is 5.32 Å². The molecule has 1 aliphatic heterocycles. The van der Waals surface area contributed by atoms with Crippen molar-refractivity contribution < 1.29 is 9.59 Å². The van der Waals surface area contributed by atoms with Gasteiger partial charge in [0, 0.05) is 10.6 Å². The number of fused-ring (bicyclic) bond motifs is 1. The first-order valence-electron chi connectivity index (χ1n) is 5.86. The van der Waals surface area contributed by atoms with Crippen LogP contribution in [-0.2, 0) is 4.79 Å². The van der Waals surface area contributed by atoms with E-state index >= 15 is 0 Å². The second kappa shape index (κ2) is 4.52. The molecule has 0 aliphatic carbocycles. The van der Waals surface area contributed by atoms with Crippen molar-refractivity contribution in [1.82, 2.24) is 0 Å². The molecule has 2 aromatic rings. The van der Waals surface area contributed by atoms with E-state index in [4.69, 9.17) is 11.6 Å². The number of rotatable bonds is 1. The van der Waals surface area contributed by atoms with Gasteiger partial charge in [-0.2, -0.15) is 0 Å². The van der Waals surface area contributed by atoms with Gasteiger partial charge in [-0.25, -0.2) is 0 Å². The van der Waals surface area contributed by atoms with Crippen LogP contribution in [0.15, 0.2) is 48.5 Å². The van der Waals surface area contributed by atoms with Crippen molar-refractivity contribution >= 4 is 29.0 Å². The van der Waals surface area contributed by atoms with Crippen LogP contribution < -0.4 is 5.32 Å². The first-order chi connectivity index (χ1) is 9.16. The Morgan fingerprint density at radius 3 is 2.47 bits per heavy atom. The molecule has 1 heterocycles. The molecule has 0 aromatic heterocycles. The molecule has 94 valence electrons. The minimum absolute atomic E-state index is 0.215. The van der Waals surface area contributed by atoms with Gasteiger partial charge in [0.25, 0.3) is 0 Å². The molecule has 0 bridgehead atoms. The highest BCUT2D eigenvalue weighted by molar-refractivity contribution is 6.32. The molecule has 0 spiro atoms. The van der Waals surface area contributed by atoms with E-state index in [-0.39, 0.29) is 11.7 Å². The van der Waals surface area contributed by atoms with Gasteiger partial charge in [0.2, 0.25) is 5.91 Å². The number of nitrogens with one attached hydrogen (secondary N) is 1. The van der Waals surface area contributed by atoms with Crippen LogP contribution in [0.2, 0.25) is 5.02 Å². The highest BCUT2D eigenvalue weighted by Crippen LogP contribution is 2.32. The van der Waals surface area contributed by atoms with Crippen LogP contribution in [-0.4, -0.2) is 11.7 Å². The van der Waals surface area contributed by atoms with Crippen molar-refractivity contribution in [3.63, 3.8) is 0 Å².